The summed E-state index contributed by atoms with van der Waals surface area (Å²) < 4.78 is 12.8. The van der Waals surface area contributed by atoms with Crippen LogP contribution in [-0.2, 0) is 9.31 Å². The van der Waals surface area contributed by atoms with E-state index >= 15 is 0 Å². The lowest BCUT2D eigenvalue weighted by Crippen LogP contribution is -2.41. The quantitative estimate of drug-likeness (QED) is 0.476. The van der Waals surface area contributed by atoms with Gasteiger partial charge in [0.2, 0.25) is 0 Å². The van der Waals surface area contributed by atoms with Crippen molar-refractivity contribution in [3.8, 4) is 11.1 Å². The highest BCUT2D eigenvalue weighted by atomic mass is 16.7. The summed E-state index contributed by atoms with van der Waals surface area (Å²) in [6, 6.07) is 27.6. The maximum Gasteiger partial charge on any atom is 0.494 e. The van der Waals surface area contributed by atoms with Crippen molar-refractivity contribution in [3.63, 3.8) is 0 Å². The van der Waals surface area contributed by atoms with Crippen LogP contribution < -0.4 is 5.46 Å². The van der Waals surface area contributed by atoms with E-state index in [1.54, 1.807) is 0 Å². The van der Waals surface area contributed by atoms with Crippen LogP contribution >= 0.6 is 0 Å². The average molecular weight is 435 g/mol. The Bertz CT molecular complexity index is 1200. The number of dihydropyridines is 1. The van der Waals surface area contributed by atoms with E-state index in [0.717, 1.165) is 35.3 Å². The van der Waals surface area contributed by atoms with Crippen LogP contribution in [0.3, 0.4) is 0 Å². The molecule has 0 bridgehead atoms. The van der Waals surface area contributed by atoms with Crippen LogP contribution in [0.4, 0.5) is 0 Å². The summed E-state index contributed by atoms with van der Waals surface area (Å²) in [4.78, 5) is 4.89. The maximum absolute atomic E-state index is 6.40. The van der Waals surface area contributed by atoms with Gasteiger partial charge in [-0.05, 0) is 79.5 Å². The minimum Gasteiger partial charge on any atom is -0.399 e. The molecule has 3 nitrogen and oxygen atoms in total. The summed E-state index contributed by atoms with van der Waals surface area (Å²) in [5.41, 5.74) is 7.24. The van der Waals surface area contributed by atoms with E-state index in [0.29, 0.717) is 0 Å². The maximum atomic E-state index is 6.40. The highest BCUT2D eigenvalue weighted by molar-refractivity contribution is 6.62. The van der Waals surface area contributed by atoms with Gasteiger partial charge in [-0.25, -0.2) is 0 Å². The lowest BCUT2D eigenvalue weighted by molar-refractivity contribution is 0.00578. The fourth-order valence-electron chi connectivity index (χ4n) is 4.35. The van der Waals surface area contributed by atoms with Crippen molar-refractivity contribution in [3.05, 3.63) is 96.1 Å². The molecule has 33 heavy (non-hydrogen) atoms. The van der Waals surface area contributed by atoms with E-state index in [1.807, 2.05) is 6.07 Å². The topological polar surface area (TPSA) is 30.8 Å². The molecule has 1 fully saturated rings. The van der Waals surface area contributed by atoms with Crippen molar-refractivity contribution in [2.24, 2.45) is 4.99 Å². The number of aliphatic imine (C=N–C) groups is 1. The Morgan fingerprint density at radius 1 is 0.697 bits per heavy atom. The van der Waals surface area contributed by atoms with Crippen LogP contribution in [0, 0.1) is 0 Å². The van der Waals surface area contributed by atoms with E-state index in [4.69, 9.17) is 14.3 Å². The third-order valence-electron chi connectivity index (χ3n) is 7.00. The smallest absolute Gasteiger partial charge is 0.399 e. The summed E-state index contributed by atoms with van der Waals surface area (Å²) >= 11 is 0. The van der Waals surface area contributed by atoms with Gasteiger partial charge in [0.1, 0.15) is 0 Å². The van der Waals surface area contributed by atoms with Gasteiger partial charge in [-0.2, -0.15) is 0 Å². The molecule has 3 aromatic carbocycles. The largest absolute Gasteiger partial charge is 0.494 e. The van der Waals surface area contributed by atoms with Gasteiger partial charge in [0.05, 0.1) is 16.9 Å². The predicted octanol–water partition coefficient (Wildman–Crippen LogP) is 5.93. The molecule has 0 radical (unpaired) electrons. The fraction of sp³-hybridized carbons (Fsp3) is 0.276. The van der Waals surface area contributed by atoms with Gasteiger partial charge in [0, 0.05) is 6.54 Å². The highest BCUT2D eigenvalue weighted by Gasteiger charge is 2.51. The Kier molecular flexibility index (Phi) is 5.59. The molecule has 166 valence electrons. The number of hydrogen-bond donors (Lipinski definition) is 0. The van der Waals surface area contributed by atoms with Gasteiger partial charge in [-0.1, -0.05) is 72.8 Å². The molecule has 4 heteroatoms. The fourth-order valence-corrected chi connectivity index (χ4v) is 4.35. The minimum absolute atomic E-state index is 0.386. The molecule has 2 heterocycles. The lowest BCUT2D eigenvalue weighted by atomic mass is 9.76. The molecule has 2 aliphatic heterocycles. The SMILES string of the molecule is CC1(C)OB(c2cc(C3=NCCC(c4ccccc4)=C3)cc(-c3ccccc3)c2)OC1(C)C. The monoisotopic (exact) mass is 435 g/mol. The van der Waals surface area contributed by atoms with Gasteiger partial charge in [0.25, 0.3) is 0 Å². The van der Waals surface area contributed by atoms with Crippen LogP contribution in [0.1, 0.15) is 45.2 Å². The predicted molar refractivity (Wildman–Crippen MR) is 138 cm³/mol. The third-order valence-corrected chi connectivity index (χ3v) is 7.00. The summed E-state index contributed by atoms with van der Waals surface area (Å²) in [6.45, 7) is 9.16. The molecule has 0 aromatic heterocycles. The number of allylic oxidation sites excluding steroid dienone is 1. The molecule has 5 rings (SSSR count). The number of nitrogens with zero attached hydrogens (tertiary/aromatic N) is 1. The Balaban J connectivity index is 1.58. The Labute approximate surface area is 197 Å². The molecule has 0 saturated carbocycles. The van der Waals surface area contributed by atoms with Crippen molar-refractivity contribution in [1.82, 2.24) is 0 Å². The number of benzene rings is 3. The molecule has 0 aliphatic carbocycles. The molecular weight excluding hydrogens is 405 g/mol. The number of hydrogen-bond acceptors (Lipinski definition) is 3. The Morgan fingerprint density at radius 2 is 1.27 bits per heavy atom. The second-order valence-electron chi connectivity index (χ2n) is 9.85. The van der Waals surface area contributed by atoms with Crippen LogP contribution in [-0.4, -0.2) is 30.6 Å². The van der Waals surface area contributed by atoms with E-state index in [2.05, 4.69) is 107 Å². The average Bonchev–Trinajstić information content (AvgIpc) is 3.07. The molecule has 3 aromatic rings. The highest BCUT2D eigenvalue weighted by Crippen LogP contribution is 2.37. The molecule has 0 atom stereocenters. The number of rotatable bonds is 4. The van der Waals surface area contributed by atoms with Crippen molar-refractivity contribution in [2.45, 2.75) is 45.3 Å². The Morgan fingerprint density at radius 3 is 1.91 bits per heavy atom. The molecule has 0 N–H and O–H groups in total. The zero-order chi connectivity index (χ0) is 23.1. The summed E-state index contributed by atoms with van der Waals surface area (Å²) in [7, 11) is -0.417. The van der Waals surface area contributed by atoms with E-state index in [-0.39, 0.29) is 11.2 Å². The van der Waals surface area contributed by atoms with E-state index in [1.165, 1.54) is 16.7 Å². The zero-order valence-electron chi connectivity index (χ0n) is 19.8. The van der Waals surface area contributed by atoms with E-state index in [9.17, 15) is 0 Å². The van der Waals surface area contributed by atoms with Crippen molar-refractivity contribution >= 4 is 23.9 Å². The van der Waals surface area contributed by atoms with Crippen LogP contribution in [0.15, 0.2) is 89.9 Å². The van der Waals surface area contributed by atoms with Crippen molar-refractivity contribution in [1.29, 1.82) is 0 Å². The Hall–Kier alpha value is -2.95. The van der Waals surface area contributed by atoms with Crippen molar-refractivity contribution < 1.29 is 9.31 Å². The normalized spacial score (nSPS) is 19.2. The first kappa shape index (κ1) is 21.9. The summed E-state index contributed by atoms with van der Waals surface area (Å²) in [6.07, 6.45) is 3.19. The molecule has 0 spiro atoms. The van der Waals surface area contributed by atoms with Gasteiger partial charge >= 0.3 is 7.12 Å². The second kappa shape index (κ2) is 8.44. The molecule has 0 amide bonds. The van der Waals surface area contributed by atoms with Gasteiger partial charge < -0.3 is 9.31 Å². The van der Waals surface area contributed by atoms with Gasteiger partial charge in [0.15, 0.2) is 0 Å². The molecule has 2 aliphatic rings. The minimum atomic E-state index is -0.417. The summed E-state index contributed by atoms with van der Waals surface area (Å²) in [5.74, 6) is 0. The first-order valence-corrected chi connectivity index (χ1v) is 11.7. The van der Waals surface area contributed by atoms with Crippen LogP contribution in [0.2, 0.25) is 0 Å². The van der Waals surface area contributed by atoms with Gasteiger partial charge in [-0.15, -0.1) is 0 Å². The molecular formula is C29H30BNO2. The van der Waals surface area contributed by atoms with Crippen molar-refractivity contribution in [2.75, 3.05) is 6.54 Å². The lowest BCUT2D eigenvalue weighted by Gasteiger charge is -2.32. The molecule has 0 unspecified atom stereocenters. The first-order chi connectivity index (χ1) is 15.8. The first-order valence-electron chi connectivity index (χ1n) is 11.7. The second-order valence-corrected chi connectivity index (χ2v) is 9.85. The van der Waals surface area contributed by atoms with E-state index < -0.39 is 7.12 Å². The van der Waals surface area contributed by atoms with Crippen LogP contribution in [0.25, 0.3) is 16.7 Å². The zero-order valence-corrected chi connectivity index (χ0v) is 19.8. The standard InChI is InChI=1S/C29H30BNO2/c1-28(2)29(3,4)33-30(32-28)26-18-24(22-13-9-6-10-14-22)17-25(19-26)27-20-23(15-16-31-27)21-11-7-5-8-12-21/h5-14,17-20H,15-16H2,1-4H3. The molecule has 1 saturated heterocycles. The third kappa shape index (κ3) is 4.33. The van der Waals surface area contributed by atoms with Crippen LogP contribution in [0.5, 0.6) is 0 Å². The summed E-state index contributed by atoms with van der Waals surface area (Å²) in [5, 5.41) is 0. The van der Waals surface area contributed by atoms with Gasteiger partial charge in [-0.3, -0.25) is 4.99 Å².